The summed E-state index contributed by atoms with van der Waals surface area (Å²) >= 11 is 4.83. The maximum atomic E-state index is 13.2. The molecule has 3 aromatic heterocycles. The van der Waals surface area contributed by atoms with Crippen molar-refractivity contribution >= 4 is 64.2 Å². The second-order valence-electron chi connectivity index (χ2n) is 16.9. The summed E-state index contributed by atoms with van der Waals surface area (Å²) in [6, 6.07) is 12.5. The van der Waals surface area contributed by atoms with Gasteiger partial charge in [0.25, 0.3) is 17.7 Å². The van der Waals surface area contributed by atoms with Crippen molar-refractivity contribution < 1.29 is 56.5 Å². The number of hydrogen-bond acceptors (Lipinski definition) is 16. The van der Waals surface area contributed by atoms with E-state index in [2.05, 4.69) is 51.5 Å². The van der Waals surface area contributed by atoms with Gasteiger partial charge in [-0.25, -0.2) is 9.67 Å². The number of rotatable bonds is 25. The minimum absolute atomic E-state index is 0.0454. The normalized spacial score (nSPS) is 16.8. The zero-order valence-electron chi connectivity index (χ0n) is 38.7. The maximum absolute atomic E-state index is 13.2. The van der Waals surface area contributed by atoms with Crippen LogP contribution in [-0.4, -0.2) is 147 Å². The van der Waals surface area contributed by atoms with Crippen LogP contribution in [0.25, 0.3) is 11.3 Å². The highest BCUT2D eigenvalue weighted by molar-refractivity contribution is 6.25. The molecule has 2 saturated heterocycles. The number of piperidine rings is 1. The van der Waals surface area contributed by atoms with Crippen LogP contribution in [0.1, 0.15) is 68.9 Å². The smallest absolute Gasteiger partial charge is 0.420 e. The lowest BCUT2D eigenvalue weighted by Gasteiger charge is -2.27. The van der Waals surface area contributed by atoms with Crippen LogP contribution in [0, 0.1) is 0 Å². The first-order valence-corrected chi connectivity index (χ1v) is 23.6. The molecule has 2 atom stereocenters. The van der Waals surface area contributed by atoms with Gasteiger partial charge in [-0.1, -0.05) is 11.3 Å². The van der Waals surface area contributed by atoms with Crippen molar-refractivity contribution in [3.8, 4) is 17.0 Å². The number of hydrogen-bond donors (Lipinski definition) is 5. The van der Waals surface area contributed by atoms with Gasteiger partial charge in [-0.05, 0) is 74.2 Å². The molecule has 0 saturated carbocycles. The molecule has 0 radical (unpaired) electrons. The first-order chi connectivity index (χ1) is 34.8. The van der Waals surface area contributed by atoms with Gasteiger partial charge in [0.15, 0.2) is 0 Å². The Kier molecular flexibility index (Phi) is 16.8. The lowest BCUT2D eigenvalue weighted by atomic mass is 10.0. The second kappa shape index (κ2) is 23.7. The van der Waals surface area contributed by atoms with Gasteiger partial charge in [-0.2, -0.15) is 5.10 Å². The monoisotopic (exact) mass is 1020 g/mol. The van der Waals surface area contributed by atoms with Gasteiger partial charge in [0.2, 0.25) is 17.7 Å². The molecular formula is C47H51ClF2N12O10. The predicted octanol–water partition coefficient (Wildman–Crippen LogP) is 3.76. The predicted molar refractivity (Wildman–Crippen MR) is 253 cm³/mol. The maximum Gasteiger partial charge on any atom is 0.487 e. The van der Waals surface area contributed by atoms with Crippen molar-refractivity contribution in [2.45, 2.75) is 62.7 Å². The third kappa shape index (κ3) is 13.3. The number of ether oxygens (including phenoxy) is 4. The van der Waals surface area contributed by atoms with Gasteiger partial charge in [0.1, 0.15) is 17.6 Å². The van der Waals surface area contributed by atoms with Crippen LogP contribution < -0.4 is 30.9 Å². The fraction of sp³-hybridized carbons (Fsp3) is 0.404. The summed E-state index contributed by atoms with van der Waals surface area (Å²) in [4.78, 5) is 84.0. The van der Waals surface area contributed by atoms with Crippen molar-refractivity contribution in [2.24, 2.45) is 0 Å². The van der Waals surface area contributed by atoms with E-state index >= 15 is 0 Å². The summed E-state index contributed by atoms with van der Waals surface area (Å²) in [6.07, 6.45) is 7.15. The minimum atomic E-state index is -3.86. The molecule has 0 aliphatic carbocycles. The Balaban J connectivity index is 0.669. The number of nitrogens with one attached hydrogen (secondary N) is 5. The Morgan fingerprint density at radius 3 is 2.44 bits per heavy atom. The van der Waals surface area contributed by atoms with E-state index in [-0.39, 0.29) is 47.2 Å². The zero-order chi connectivity index (χ0) is 50.6. The zero-order valence-corrected chi connectivity index (χ0v) is 39.5. The average Bonchev–Trinajstić information content (AvgIpc) is 4.19. The number of aromatic amines is 1. The largest absolute Gasteiger partial charge is 0.487 e. The topological polar surface area (TPSA) is 266 Å². The number of pyridine rings is 1. The molecule has 3 aliphatic rings. The number of benzene rings is 2. The van der Waals surface area contributed by atoms with E-state index in [1.807, 2.05) is 11.1 Å². The van der Waals surface area contributed by atoms with Gasteiger partial charge in [0.05, 0.1) is 74.3 Å². The van der Waals surface area contributed by atoms with Crippen LogP contribution >= 0.6 is 11.6 Å². The van der Waals surface area contributed by atoms with Gasteiger partial charge >= 0.3 is 5.57 Å². The molecule has 2 unspecified atom stereocenters. The van der Waals surface area contributed by atoms with E-state index in [1.54, 1.807) is 35.1 Å². The number of aryl methyl sites for hydroxylation is 1. The molecule has 3 aliphatic heterocycles. The number of fused-ring (bicyclic) bond motifs is 1. The van der Waals surface area contributed by atoms with Gasteiger partial charge < -0.3 is 39.8 Å². The van der Waals surface area contributed by atoms with E-state index in [0.717, 1.165) is 10.6 Å². The third-order valence-electron chi connectivity index (χ3n) is 11.8. The number of aromatic nitrogens is 6. The highest BCUT2D eigenvalue weighted by Crippen LogP contribution is 2.34. The molecule has 8 rings (SSSR count). The standard InChI is InChI=1S/C47H51ClF2N12O10/c48-47(49,50)72-33-9-7-30(8-10-33)55-43(65)29-25-35(36-13-15-53-58-36)42(52-26-29)60-17-14-31(27-60)54-39(63)6-1-3-32-28-61(59-57-32)18-20-70-22-24-71-23-21-69-19-16-51-37-5-2-4-34-41(37)46(68)62(45(34)67)38-11-12-40(64)56-44(38)66/h2,4-5,7-10,13,15,25-26,28,31,38,51H,1,3,6,11-12,14,16-24,27H2,(H,53,58)(H,54,63)(H,55,65)(H,56,64,66). The fourth-order valence-corrected chi connectivity index (χ4v) is 8.45. The van der Waals surface area contributed by atoms with Crippen LogP contribution in [0.3, 0.4) is 0 Å². The van der Waals surface area contributed by atoms with Crippen LogP contribution in [0.4, 0.5) is 26.0 Å². The van der Waals surface area contributed by atoms with Crippen molar-refractivity contribution in [1.82, 2.24) is 45.7 Å². The Morgan fingerprint density at radius 2 is 1.69 bits per heavy atom. The van der Waals surface area contributed by atoms with E-state index < -0.39 is 41.1 Å². The lowest BCUT2D eigenvalue weighted by Crippen LogP contribution is -2.54. The van der Waals surface area contributed by atoms with Gasteiger partial charge in [0, 0.05) is 85.6 Å². The van der Waals surface area contributed by atoms with Crippen molar-refractivity contribution in [1.29, 1.82) is 0 Å². The van der Waals surface area contributed by atoms with Crippen LogP contribution in [0.5, 0.6) is 5.75 Å². The van der Waals surface area contributed by atoms with E-state index in [4.69, 9.17) is 25.8 Å². The van der Waals surface area contributed by atoms with Gasteiger partial charge in [-0.3, -0.25) is 44.1 Å². The molecule has 5 N–H and O–H groups in total. The molecule has 2 fully saturated rings. The first-order valence-electron chi connectivity index (χ1n) is 23.2. The summed E-state index contributed by atoms with van der Waals surface area (Å²) in [5.74, 6) is -2.36. The van der Waals surface area contributed by atoms with E-state index in [9.17, 15) is 37.5 Å². The molecule has 6 heterocycles. The van der Waals surface area contributed by atoms with E-state index in [1.165, 1.54) is 36.5 Å². The fourth-order valence-electron chi connectivity index (χ4n) is 8.36. The van der Waals surface area contributed by atoms with Crippen LogP contribution in [-0.2, 0) is 41.6 Å². The second-order valence-corrected chi connectivity index (χ2v) is 17.3. The molecule has 0 spiro atoms. The molecule has 25 heteroatoms. The summed E-state index contributed by atoms with van der Waals surface area (Å²) in [5, 5.41) is 26.6. The summed E-state index contributed by atoms with van der Waals surface area (Å²) in [7, 11) is 0. The van der Waals surface area contributed by atoms with Crippen LogP contribution in [0.15, 0.2) is 73.2 Å². The highest BCUT2D eigenvalue weighted by atomic mass is 35.5. The van der Waals surface area contributed by atoms with Crippen molar-refractivity contribution in [3.05, 3.63) is 95.6 Å². The first kappa shape index (κ1) is 51.0. The number of carbonyl (C=O) groups excluding carboxylic acids is 6. The van der Waals surface area contributed by atoms with Gasteiger partial charge in [-0.15, -0.1) is 13.9 Å². The summed E-state index contributed by atoms with van der Waals surface area (Å²) < 4.78 is 48.9. The Bertz CT molecular complexity index is 2740. The number of nitrogens with zero attached hydrogens (tertiary/aromatic N) is 7. The molecule has 0 bridgehead atoms. The number of anilines is 3. The van der Waals surface area contributed by atoms with Crippen molar-refractivity contribution in [3.63, 3.8) is 0 Å². The van der Waals surface area contributed by atoms with Crippen molar-refractivity contribution in [2.75, 3.05) is 74.8 Å². The lowest BCUT2D eigenvalue weighted by molar-refractivity contribution is -0.136. The molecular weight excluding hydrogens is 966 g/mol. The number of imide groups is 2. The number of H-pyrrole nitrogens is 1. The average molecular weight is 1020 g/mol. The third-order valence-corrected chi connectivity index (χ3v) is 11.9. The van der Waals surface area contributed by atoms with E-state index in [0.29, 0.717) is 120 Å². The molecule has 22 nitrogen and oxygen atoms in total. The Labute approximate surface area is 415 Å². The quantitative estimate of drug-likeness (QED) is 0.0317. The van der Waals surface area contributed by atoms with Crippen LogP contribution in [0.2, 0.25) is 0 Å². The molecule has 380 valence electrons. The molecule has 2 aromatic carbocycles. The number of halogens is 3. The molecule has 5 aromatic rings. The number of alkyl halides is 3. The SMILES string of the molecule is O=C1CCC(N2C(=O)c3cccc(NCCOCCOCCOCCn4cc(CCCC(=O)NC5CCN(c6ncc(C(=O)Nc7ccc(OC(F)(F)Cl)cc7)cc6-c6ccn[nH]6)C5)nn4)c3C2=O)C(=O)N1. The summed E-state index contributed by atoms with van der Waals surface area (Å²) in [6.45, 7) is 4.06. The highest BCUT2D eigenvalue weighted by Gasteiger charge is 2.45. The Hall–Kier alpha value is -7.41. The number of amides is 6. The number of carbonyl (C=O) groups is 6. The molecule has 6 amide bonds. The summed E-state index contributed by atoms with van der Waals surface area (Å²) in [5.41, 5.74) is -0.395. The minimum Gasteiger partial charge on any atom is -0.420 e. The molecule has 72 heavy (non-hydrogen) atoms. The Morgan fingerprint density at radius 1 is 0.917 bits per heavy atom.